The second-order valence-corrected chi connectivity index (χ2v) is 12.7. The van der Waals surface area contributed by atoms with Crippen LogP contribution in [0.2, 0.25) is 5.02 Å². The Kier molecular flexibility index (Phi) is 10.6. The van der Waals surface area contributed by atoms with E-state index in [1.807, 2.05) is 81.4 Å². The van der Waals surface area contributed by atoms with Gasteiger partial charge in [-0.1, -0.05) is 78.3 Å². The highest BCUT2D eigenvalue weighted by Gasteiger charge is 2.34. The molecule has 0 bridgehead atoms. The molecular weight excluding hydrogens is 582 g/mol. The van der Waals surface area contributed by atoms with Crippen LogP contribution in [0.25, 0.3) is 0 Å². The number of carbonyl (C=O) groups is 2. The van der Waals surface area contributed by atoms with Crippen molar-refractivity contribution in [1.82, 2.24) is 10.2 Å². The lowest BCUT2D eigenvalue weighted by Gasteiger charge is -2.34. The average Bonchev–Trinajstić information content (AvgIpc) is 2.99. The fourth-order valence-corrected chi connectivity index (χ4v) is 6.39. The topological polar surface area (TPSA) is 86.8 Å². The maximum Gasteiger partial charge on any atom is 0.264 e. The van der Waals surface area contributed by atoms with Crippen LogP contribution in [0.4, 0.5) is 5.69 Å². The SMILES string of the molecule is CCNC(=O)[C@@H](Cc1ccccc1)N(Cc1ccccc1C)C(=O)CN(c1cccc(C)c1)S(=O)(=O)c1ccc(Cl)cc1. The summed E-state index contributed by atoms with van der Waals surface area (Å²) in [5, 5.41) is 3.27. The van der Waals surface area contributed by atoms with Gasteiger partial charge in [-0.15, -0.1) is 0 Å². The molecule has 9 heteroatoms. The smallest absolute Gasteiger partial charge is 0.264 e. The first-order valence-electron chi connectivity index (χ1n) is 14.1. The normalized spacial score (nSPS) is 11.9. The van der Waals surface area contributed by atoms with Gasteiger partial charge in [0.05, 0.1) is 10.6 Å². The second kappa shape index (κ2) is 14.4. The molecule has 0 radical (unpaired) electrons. The third kappa shape index (κ3) is 8.03. The molecule has 0 fully saturated rings. The molecule has 0 aromatic heterocycles. The molecule has 1 N–H and O–H groups in total. The number of carbonyl (C=O) groups excluding carboxylic acids is 2. The van der Waals surface area contributed by atoms with E-state index in [2.05, 4.69) is 5.32 Å². The molecule has 0 spiro atoms. The van der Waals surface area contributed by atoms with Crippen LogP contribution in [-0.4, -0.2) is 44.3 Å². The van der Waals surface area contributed by atoms with Crippen LogP contribution >= 0.6 is 11.6 Å². The first kappa shape index (κ1) is 31.8. The minimum atomic E-state index is -4.19. The van der Waals surface area contributed by atoms with Crippen LogP contribution in [0.1, 0.15) is 29.2 Å². The van der Waals surface area contributed by atoms with Gasteiger partial charge in [0.1, 0.15) is 12.6 Å². The zero-order valence-electron chi connectivity index (χ0n) is 24.5. The van der Waals surface area contributed by atoms with Gasteiger partial charge in [0.2, 0.25) is 11.8 Å². The Morgan fingerprint density at radius 2 is 1.53 bits per heavy atom. The van der Waals surface area contributed by atoms with Gasteiger partial charge >= 0.3 is 0 Å². The molecule has 0 aliphatic heterocycles. The van der Waals surface area contributed by atoms with E-state index < -0.39 is 28.5 Å². The highest BCUT2D eigenvalue weighted by molar-refractivity contribution is 7.92. The summed E-state index contributed by atoms with van der Waals surface area (Å²) in [5.74, 6) is -0.814. The number of hydrogen-bond donors (Lipinski definition) is 1. The Balaban J connectivity index is 1.80. The number of amides is 2. The summed E-state index contributed by atoms with van der Waals surface area (Å²) in [7, 11) is -4.19. The number of aryl methyl sites for hydroxylation is 2. The molecule has 4 rings (SSSR count). The number of likely N-dealkylation sites (N-methyl/N-ethyl adjacent to an activating group) is 1. The summed E-state index contributed by atoms with van der Waals surface area (Å²) < 4.78 is 29.2. The van der Waals surface area contributed by atoms with Crippen molar-refractivity contribution in [1.29, 1.82) is 0 Å². The molecule has 0 unspecified atom stereocenters. The third-order valence-electron chi connectivity index (χ3n) is 7.19. The molecule has 4 aromatic rings. The number of rotatable bonds is 12. The molecule has 0 aliphatic carbocycles. The summed E-state index contributed by atoms with van der Waals surface area (Å²) in [6.45, 7) is 5.63. The number of nitrogens with one attached hydrogen (secondary N) is 1. The maximum absolute atomic E-state index is 14.4. The van der Waals surface area contributed by atoms with Crippen LogP contribution in [0.3, 0.4) is 0 Å². The Morgan fingerprint density at radius 1 is 0.860 bits per heavy atom. The van der Waals surface area contributed by atoms with E-state index >= 15 is 0 Å². The predicted octanol–water partition coefficient (Wildman–Crippen LogP) is 5.93. The Bertz CT molecular complexity index is 1660. The van der Waals surface area contributed by atoms with Gasteiger partial charge in [-0.05, 0) is 79.4 Å². The highest BCUT2D eigenvalue weighted by atomic mass is 35.5. The van der Waals surface area contributed by atoms with Gasteiger partial charge in [-0.25, -0.2) is 8.42 Å². The first-order chi connectivity index (χ1) is 20.6. The molecule has 0 saturated carbocycles. The zero-order chi connectivity index (χ0) is 31.0. The fourth-order valence-electron chi connectivity index (χ4n) is 4.86. The standard InChI is InChI=1S/C34H36ClN3O4S/c1-4-36-34(40)32(22-27-13-6-5-7-14-27)37(23-28-15-9-8-12-26(28)3)33(39)24-38(30-16-10-11-25(2)21-30)43(41,42)31-19-17-29(35)18-20-31/h5-21,32H,4,22-24H2,1-3H3,(H,36,40)/t32-/m1/s1. The van der Waals surface area contributed by atoms with Crippen LogP contribution < -0.4 is 9.62 Å². The lowest BCUT2D eigenvalue weighted by atomic mass is 10.0. The maximum atomic E-state index is 14.4. The molecule has 224 valence electrons. The van der Waals surface area contributed by atoms with Crippen molar-refractivity contribution >= 4 is 39.1 Å². The van der Waals surface area contributed by atoms with Gasteiger partial charge in [0, 0.05) is 24.5 Å². The van der Waals surface area contributed by atoms with Gasteiger partial charge in [0.15, 0.2) is 0 Å². The number of nitrogens with zero attached hydrogens (tertiary/aromatic N) is 2. The van der Waals surface area contributed by atoms with Crippen molar-refractivity contribution in [3.05, 3.63) is 130 Å². The molecule has 4 aromatic carbocycles. The fraction of sp³-hybridized carbons (Fsp3) is 0.235. The van der Waals surface area contributed by atoms with Gasteiger partial charge in [0.25, 0.3) is 10.0 Å². The molecule has 0 aliphatic rings. The van der Waals surface area contributed by atoms with Crippen molar-refractivity contribution in [3.8, 4) is 0 Å². The van der Waals surface area contributed by atoms with Gasteiger partial charge in [-0.3, -0.25) is 13.9 Å². The van der Waals surface area contributed by atoms with E-state index in [0.717, 1.165) is 26.6 Å². The average molecular weight is 618 g/mol. The lowest BCUT2D eigenvalue weighted by molar-refractivity contribution is -0.140. The number of halogens is 1. The monoisotopic (exact) mass is 617 g/mol. The summed E-state index contributed by atoms with van der Waals surface area (Å²) in [4.78, 5) is 29.5. The van der Waals surface area contributed by atoms with Crippen molar-refractivity contribution < 1.29 is 18.0 Å². The van der Waals surface area contributed by atoms with E-state index in [1.54, 1.807) is 18.2 Å². The molecule has 7 nitrogen and oxygen atoms in total. The minimum absolute atomic E-state index is 0.00113. The summed E-state index contributed by atoms with van der Waals surface area (Å²) in [5.41, 5.74) is 3.88. The Labute approximate surface area is 259 Å². The van der Waals surface area contributed by atoms with Crippen molar-refractivity contribution in [2.24, 2.45) is 0 Å². The first-order valence-corrected chi connectivity index (χ1v) is 15.9. The Hall–Kier alpha value is -4.14. The molecule has 43 heavy (non-hydrogen) atoms. The van der Waals surface area contributed by atoms with E-state index in [4.69, 9.17) is 11.6 Å². The van der Waals surface area contributed by atoms with Crippen molar-refractivity contribution in [2.45, 2.75) is 44.7 Å². The van der Waals surface area contributed by atoms with Gasteiger partial charge in [-0.2, -0.15) is 0 Å². The van der Waals surface area contributed by atoms with E-state index in [0.29, 0.717) is 17.3 Å². The molecule has 2 amide bonds. The quantitative estimate of drug-likeness (QED) is 0.214. The molecule has 0 saturated heterocycles. The number of benzene rings is 4. The summed E-state index contributed by atoms with van der Waals surface area (Å²) in [6, 6.07) is 29.1. The van der Waals surface area contributed by atoms with Crippen molar-refractivity contribution in [3.63, 3.8) is 0 Å². The van der Waals surface area contributed by atoms with E-state index in [1.165, 1.54) is 29.2 Å². The summed E-state index contributed by atoms with van der Waals surface area (Å²) >= 11 is 6.04. The highest BCUT2D eigenvalue weighted by Crippen LogP contribution is 2.27. The predicted molar refractivity (Wildman–Crippen MR) is 172 cm³/mol. The number of anilines is 1. The minimum Gasteiger partial charge on any atom is -0.355 e. The lowest BCUT2D eigenvalue weighted by Crippen LogP contribution is -2.53. The largest absolute Gasteiger partial charge is 0.355 e. The summed E-state index contributed by atoms with van der Waals surface area (Å²) in [6.07, 6.45) is 0.263. The number of sulfonamides is 1. The Morgan fingerprint density at radius 3 is 2.19 bits per heavy atom. The van der Waals surface area contributed by atoms with E-state index in [9.17, 15) is 18.0 Å². The van der Waals surface area contributed by atoms with Crippen molar-refractivity contribution in [2.75, 3.05) is 17.4 Å². The zero-order valence-corrected chi connectivity index (χ0v) is 26.1. The van der Waals surface area contributed by atoms with Crippen LogP contribution in [-0.2, 0) is 32.6 Å². The van der Waals surface area contributed by atoms with Crippen LogP contribution in [0, 0.1) is 13.8 Å². The molecule has 0 heterocycles. The van der Waals surface area contributed by atoms with E-state index in [-0.39, 0.29) is 23.8 Å². The second-order valence-electron chi connectivity index (χ2n) is 10.4. The number of hydrogen-bond acceptors (Lipinski definition) is 4. The van der Waals surface area contributed by atoms with Gasteiger partial charge < -0.3 is 10.2 Å². The van der Waals surface area contributed by atoms with Crippen LogP contribution in [0.5, 0.6) is 0 Å². The third-order valence-corrected chi connectivity index (χ3v) is 9.23. The molecular formula is C34H36ClN3O4S. The van der Waals surface area contributed by atoms with Crippen LogP contribution in [0.15, 0.2) is 108 Å². The molecule has 1 atom stereocenters.